The highest BCUT2D eigenvalue weighted by Gasteiger charge is 2.27. The van der Waals surface area contributed by atoms with Crippen LogP contribution >= 0.6 is 11.6 Å². The van der Waals surface area contributed by atoms with Gasteiger partial charge < -0.3 is 15.0 Å². The summed E-state index contributed by atoms with van der Waals surface area (Å²) >= 11 is 6.23. The molecule has 2 heterocycles. The molecular weight excluding hydrogens is 326 g/mol. The minimum atomic E-state index is -0.474. The van der Waals surface area contributed by atoms with Gasteiger partial charge in [0.15, 0.2) is 0 Å². The van der Waals surface area contributed by atoms with Gasteiger partial charge in [-0.3, -0.25) is 0 Å². The number of carbonyl (C=O) groups is 1. The van der Waals surface area contributed by atoms with Crippen molar-refractivity contribution in [3.8, 4) is 0 Å². The number of carbonyl (C=O) groups excluding carboxylic acids is 1. The molecule has 1 fully saturated rings. The van der Waals surface area contributed by atoms with Crippen LogP contribution in [0.1, 0.15) is 58.1 Å². The third kappa shape index (κ3) is 4.01. The molecule has 0 aliphatic heterocycles. The van der Waals surface area contributed by atoms with Gasteiger partial charge in [0.25, 0.3) is 0 Å². The summed E-state index contributed by atoms with van der Waals surface area (Å²) in [4.78, 5) is 19.7. The summed E-state index contributed by atoms with van der Waals surface area (Å²) in [5.74, 6) is 0.365. The van der Waals surface area contributed by atoms with Crippen LogP contribution in [0.15, 0.2) is 18.3 Å². The van der Waals surface area contributed by atoms with Crippen LogP contribution in [0, 0.1) is 0 Å². The van der Waals surface area contributed by atoms with Crippen molar-refractivity contribution in [3.05, 3.63) is 29.0 Å². The summed E-state index contributed by atoms with van der Waals surface area (Å²) in [7, 11) is 0. The second-order valence-electron chi connectivity index (χ2n) is 7.49. The van der Waals surface area contributed by atoms with E-state index in [0.717, 1.165) is 42.4 Å². The highest BCUT2D eigenvalue weighted by atomic mass is 35.5. The Morgan fingerprint density at radius 3 is 2.92 bits per heavy atom. The van der Waals surface area contributed by atoms with Gasteiger partial charge in [-0.2, -0.15) is 0 Å². The molecule has 24 heavy (non-hydrogen) atoms. The topological polar surface area (TPSA) is 67.0 Å². The van der Waals surface area contributed by atoms with Crippen LogP contribution in [0.2, 0.25) is 5.02 Å². The standard InChI is InChI=1S/C18H24ClN3O2/c1-18(2,3)24-17(23)21-12-6-4-5-11(9-12)15-10-13-14(19)7-8-20-16(13)22-15/h7-8,10-12H,4-6,9H2,1-3H3,(H,20,22)(H,21,23). The Kier molecular flexibility index (Phi) is 4.72. The Morgan fingerprint density at radius 2 is 2.21 bits per heavy atom. The number of nitrogens with zero attached hydrogens (tertiary/aromatic N) is 1. The molecule has 1 aliphatic rings. The van der Waals surface area contributed by atoms with E-state index in [9.17, 15) is 4.79 Å². The lowest BCUT2D eigenvalue weighted by Gasteiger charge is -2.30. The van der Waals surface area contributed by atoms with E-state index in [0.29, 0.717) is 10.9 Å². The number of H-pyrrole nitrogens is 1. The first-order valence-corrected chi connectivity index (χ1v) is 8.82. The van der Waals surface area contributed by atoms with Crippen molar-refractivity contribution in [1.29, 1.82) is 0 Å². The van der Waals surface area contributed by atoms with Crippen LogP contribution in [0.4, 0.5) is 4.79 Å². The second kappa shape index (κ2) is 6.63. The molecule has 0 radical (unpaired) electrons. The number of halogens is 1. The smallest absolute Gasteiger partial charge is 0.407 e. The molecule has 0 spiro atoms. The SMILES string of the molecule is CC(C)(C)OC(=O)NC1CCCC(c2cc3c(Cl)ccnc3[nH]2)C1. The van der Waals surface area contributed by atoms with Crippen LogP contribution in [0.3, 0.4) is 0 Å². The number of pyridine rings is 1. The molecular formula is C18H24ClN3O2. The van der Waals surface area contributed by atoms with Gasteiger partial charge in [0.05, 0.1) is 5.02 Å². The van der Waals surface area contributed by atoms with Crippen molar-refractivity contribution < 1.29 is 9.53 Å². The van der Waals surface area contributed by atoms with Crippen molar-refractivity contribution >= 4 is 28.7 Å². The Morgan fingerprint density at radius 1 is 1.42 bits per heavy atom. The van der Waals surface area contributed by atoms with Gasteiger partial charge in [0, 0.05) is 29.2 Å². The number of hydrogen-bond acceptors (Lipinski definition) is 3. The first-order chi connectivity index (χ1) is 11.3. The maximum absolute atomic E-state index is 12.0. The Balaban J connectivity index is 1.68. The number of aromatic nitrogens is 2. The second-order valence-corrected chi connectivity index (χ2v) is 7.89. The molecule has 0 saturated heterocycles. The fraction of sp³-hybridized carbons (Fsp3) is 0.556. The van der Waals surface area contributed by atoms with E-state index in [1.54, 1.807) is 12.3 Å². The number of hydrogen-bond donors (Lipinski definition) is 2. The predicted octanol–water partition coefficient (Wildman–Crippen LogP) is 4.77. The van der Waals surface area contributed by atoms with Crippen molar-refractivity contribution in [2.75, 3.05) is 0 Å². The molecule has 2 aromatic rings. The lowest BCUT2D eigenvalue weighted by atomic mass is 9.84. The normalized spacial score (nSPS) is 21.7. The van der Waals surface area contributed by atoms with Crippen molar-refractivity contribution in [3.63, 3.8) is 0 Å². The van der Waals surface area contributed by atoms with Gasteiger partial charge in [-0.1, -0.05) is 18.0 Å². The molecule has 1 aliphatic carbocycles. The van der Waals surface area contributed by atoms with Gasteiger partial charge in [-0.25, -0.2) is 9.78 Å². The van der Waals surface area contributed by atoms with Crippen LogP contribution < -0.4 is 5.32 Å². The first-order valence-electron chi connectivity index (χ1n) is 8.44. The summed E-state index contributed by atoms with van der Waals surface area (Å²) in [6, 6.07) is 4.02. The zero-order valence-corrected chi connectivity index (χ0v) is 15.1. The lowest BCUT2D eigenvalue weighted by Crippen LogP contribution is -2.41. The van der Waals surface area contributed by atoms with Crippen molar-refractivity contribution in [2.24, 2.45) is 0 Å². The number of nitrogens with one attached hydrogen (secondary N) is 2. The fourth-order valence-electron chi connectivity index (χ4n) is 3.31. The Hall–Kier alpha value is -1.75. The van der Waals surface area contributed by atoms with Crippen LogP contribution in [0.25, 0.3) is 11.0 Å². The molecule has 2 N–H and O–H groups in total. The highest BCUT2D eigenvalue weighted by Crippen LogP contribution is 2.35. The number of fused-ring (bicyclic) bond motifs is 1. The van der Waals surface area contributed by atoms with E-state index in [1.807, 2.05) is 20.8 Å². The monoisotopic (exact) mass is 349 g/mol. The first kappa shape index (κ1) is 17.1. The fourth-order valence-corrected chi connectivity index (χ4v) is 3.51. The summed E-state index contributed by atoms with van der Waals surface area (Å²) < 4.78 is 5.36. The molecule has 1 amide bonds. The molecule has 6 heteroatoms. The molecule has 3 rings (SSSR count). The van der Waals surface area contributed by atoms with Crippen molar-refractivity contribution in [1.82, 2.24) is 15.3 Å². The van der Waals surface area contributed by atoms with Crippen LogP contribution in [-0.2, 0) is 4.74 Å². The number of rotatable bonds is 2. The lowest BCUT2D eigenvalue weighted by molar-refractivity contribution is 0.0490. The molecule has 130 valence electrons. The van der Waals surface area contributed by atoms with Crippen LogP contribution in [0.5, 0.6) is 0 Å². The molecule has 0 bridgehead atoms. The van der Waals surface area contributed by atoms with Gasteiger partial charge in [-0.15, -0.1) is 0 Å². The summed E-state index contributed by atoms with van der Waals surface area (Å²) in [5, 5.41) is 4.67. The molecule has 2 unspecified atom stereocenters. The predicted molar refractivity (Wildman–Crippen MR) is 95.5 cm³/mol. The average molecular weight is 350 g/mol. The molecule has 5 nitrogen and oxygen atoms in total. The summed E-state index contributed by atoms with van der Waals surface area (Å²) in [6.07, 6.45) is 5.41. The van der Waals surface area contributed by atoms with Gasteiger partial charge >= 0.3 is 6.09 Å². The van der Waals surface area contributed by atoms with Crippen LogP contribution in [-0.4, -0.2) is 27.7 Å². The quantitative estimate of drug-likeness (QED) is 0.820. The number of ether oxygens (including phenoxy) is 1. The van der Waals surface area contributed by atoms with E-state index in [2.05, 4.69) is 21.4 Å². The Bertz CT molecular complexity index is 735. The van der Waals surface area contributed by atoms with E-state index < -0.39 is 5.60 Å². The average Bonchev–Trinajstić information content (AvgIpc) is 2.91. The molecule has 0 aromatic carbocycles. The third-order valence-electron chi connectivity index (χ3n) is 4.33. The molecule has 2 atom stereocenters. The van der Waals surface area contributed by atoms with E-state index in [-0.39, 0.29) is 12.1 Å². The van der Waals surface area contributed by atoms with Crippen molar-refractivity contribution in [2.45, 2.75) is 64.0 Å². The van der Waals surface area contributed by atoms with Gasteiger partial charge in [0.2, 0.25) is 0 Å². The highest BCUT2D eigenvalue weighted by molar-refractivity contribution is 6.35. The maximum Gasteiger partial charge on any atom is 0.407 e. The van der Waals surface area contributed by atoms with E-state index in [1.165, 1.54) is 0 Å². The van der Waals surface area contributed by atoms with Gasteiger partial charge in [0.1, 0.15) is 11.2 Å². The number of amides is 1. The summed E-state index contributed by atoms with van der Waals surface area (Å²) in [5.41, 5.74) is 1.48. The minimum absolute atomic E-state index is 0.133. The molecule has 2 aromatic heterocycles. The largest absolute Gasteiger partial charge is 0.444 e. The minimum Gasteiger partial charge on any atom is -0.444 e. The number of alkyl carbamates (subject to hydrolysis) is 1. The van der Waals surface area contributed by atoms with E-state index >= 15 is 0 Å². The number of aromatic amines is 1. The summed E-state index contributed by atoms with van der Waals surface area (Å²) in [6.45, 7) is 5.62. The van der Waals surface area contributed by atoms with E-state index in [4.69, 9.17) is 16.3 Å². The van der Waals surface area contributed by atoms with Gasteiger partial charge in [-0.05, 0) is 52.2 Å². The molecule has 1 saturated carbocycles. The Labute approximate surface area is 147 Å². The zero-order chi connectivity index (χ0) is 17.3. The maximum atomic E-state index is 12.0. The third-order valence-corrected chi connectivity index (χ3v) is 4.66. The zero-order valence-electron chi connectivity index (χ0n) is 14.4.